The van der Waals surface area contributed by atoms with Crippen LogP contribution in [0, 0.1) is 5.82 Å². The maximum absolute atomic E-state index is 13.2. The number of methoxy groups -OCH3 is 1. The molecule has 0 spiro atoms. The van der Waals surface area contributed by atoms with Crippen LogP contribution < -0.4 is 9.47 Å². The third-order valence-corrected chi connectivity index (χ3v) is 4.96. The van der Waals surface area contributed by atoms with Crippen LogP contribution in [0.1, 0.15) is 21.5 Å². The fourth-order valence-electron chi connectivity index (χ4n) is 2.65. The molecule has 148 valence electrons. The Morgan fingerprint density at radius 3 is 2.48 bits per heavy atom. The van der Waals surface area contributed by atoms with E-state index in [0.29, 0.717) is 17.1 Å². The van der Waals surface area contributed by atoms with Crippen molar-refractivity contribution in [3.8, 4) is 11.5 Å². The summed E-state index contributed by atoms with van der Waals surface area (Å²) in [5.74, 6) is 0.493. The van der Waals surface area contributed by atoms with Gasteiger partial charge in [0.05, 0.1) is 12.1 Å². The lowest BCUT2D eigenvalue weighted by Crippen LogP contribution is -2.00. The second kappa shape index (κ2) is 9.72. The van der Waals surface area contributed by atoms with Gasteiger partial charge in [-0.3, -0.25) is 4.79 Å². The van der Waals surface area contributed by atoms with E-state index in [9.17, 15) is 9.18 Å². The van der Waals surface area contributed by atoms with Crippen molar-refractivity contribution < 1.29 is 18.7 Å². The van der Waals surface area contributed by atoms with Crippen LogP contribution in [0.5, 0.6) is 11.5 Å². The Labute approximate surface area is 181 Å². The number of ether oxygens (including phenoxy) is 2. The van der Waals surface area contributed by atoms with Gasteiger partial charge in [0.2, 0.25) is 0 Å². The van der Waals surface area contributed by atoms with Gasteiger partial charge in [-0.1, -0.05) is 39.7 Å². The highest BCUT2D eigenvalue weighted by atomic mass is 79.9. The number of ketones is 1. The molecule has 0 aliphatic carbocycles. The molecule has 0 radical (unpaired) electrons. The molecule has 6 heteroatoms. The Morgan fingerprint density at radius 1 is 1.07 bits per heavy atom. The first kappa shape index (κ1) is 21.1. The number of rotatable bonds is 7. The minimum atomic E-state index is -0.428. The first-order valence-corrected chi connectivity index (χ1v) is 9.86. The minimum Gasteiger partial charge on any atom is -0.496 e. The van der Waals surface area contributed by atoms with Crippen molar-refractivity contribution in [3.05, 3.63) is 98.7 Å². The maximum Gasteiger partial charge on any atom is 0.185 e. The highest BCUT2D eigenvalue weighted by Gasteiger charge is 2.08. The number of hydrogen-bond acceptors (Lipinski definition) is 3. The van der Waals surface area contributed by atoms with E-state index >= 15 is 0 Å². The van der Waals surface area contributed by atoms with E-state index in [1.54, 1.807) is 31.4 Å². The van der Waals surface area contributed by atoms with Crippen molar-refractivity contribution >= 4 is 39.4 Å². The molecule has 3 rings (SSSR count). The van der Waals surface area contributed by atoms with Crippen LogP contribution in [-0.2, 0) is 6.61 Å². The highest BCUT2D eigenvalue weighted by molar-refractivity contribution is 9.10. The van der Waals surface area contributed by atoms with E-state index < -0.39 is 5.82 Å². The fraction of sp³-hybridized carbons (Fsp3) is 0.0870. The van der Waals surface area contributed by atoms with Gasteiger partial charge in [0.1, 0.15) is 23.9 Å². The van der Waals surface area contributed by atoms with E-state index in [-0.39, 0.29) is 17.4 Å². The molecule has 0 N–H and O–H groups in total. The molecule has 3 nitrogen and oxygen atoms in total. The van der Waals surface area contributed by atoms with Crippen molar-refractivity contribution in [2.24, 2.45) is 0 Å². The van der Waals surface area contributed by atoms with Crippen molar-refractivity contribution in [1.82, 2.24) is 0 Å². The van der Waals surface area contributed by atoms with Crippen LogP contribution in [0.3, 0.4) is 0 Å². The fourth-order valence-corrected chi connectivity index (χ4v) is 3.13. The van der Waals surface area contributed by atoms with Crippen molar-refractivity contribution in [2.75, 3.05) is 7.11 Å². The van der Waals surface area contributed by atoms with Gasteiger partial charge in [0, 0.05) is 15.6 Å². The molecular formula is C23H17BrClFO3. The summed E-state index contributed by atoms with van der Waals surface area (Å²) in [5.41, 5.74) is 2.19. The van der Waals surface area contributed by atoms with Crippen LogP contribution in [0.25, 0.3) is 6.08 Å². The molecule has 0 unspecified atom stereocenters. The lowest BCUT2D eigenvalue weighted by atomic mass is 10.1. The molecule has 0 amide bonds. The van der Waals surface area contributed by atoms with E-state index in [1.807, 2.05) is 24.3 Å². The van der Waals surface area contributed by atoms with Gasteiger partial charge in [-0.15, -0.1) is 0 Å². The maximum atomic E-state index is 13.2. The Hall–Kier alpha value is -2.63. The topological polar surface area (TPSA) is 35.5 Å². The molecule has 0 bridgehead atoms. The molecular weight excluding hydrogens is 459 g/mol. The average Bonchev–Trinajstić information content (AvgIpc) is 2.72. The molecule has 3 aromatic rings. The zero-order valence-corrected chi connectivity index (χ0v) is 17.8. The van der Waals surface area contributed by atoms with Crippen LogP contribution in [0.4, 0.5) is 4.39 Å². The molecule has 0 saturated heterocycles. The molecule has 0 aromatic heterocycles. The molecule has 0 fully saturated rings. The van der Waals surface area contributed by atoms with Crippen molar-refractivity contribution in [3.63, 3.8) is 0 Å². The van der Waals surface area contributed by atoms with Crippen molar-refractivity contribution in [2.45, 2.75) is 6.61 Å². The monoisotopic (exact) mass is 474 g/mol. The van der Waals surface area contributed by atoms with Gasteiger partial charge in [-0.05, 0) is 66.2 Å². The van der Waals surface area contributed by atoms with Gasteiger partial charge in [-0.25, -0.2) is 4.39 Å². The predicted octanol–water partition coefficient (Wildman–Crippen LogP) is 6.73. The summed E-state index contributed by atoms with van der Waals surface area (Å²) in [6.07, 6.45) is 3.25. The highest BCUT2D eigenvalue weighted by Crippen LogP contribution is 2.28. The van der Waals surface area contributed by atoms with Gasteiger partial charge < -0.3 is 9.47 Å². The van der Waals surface area contributed by atoms with Gasteiger partial charge in [0.15, 0.2) is 5.78 Å². The molecule has 0 heterocycles. The number of halogens is 3. The van der Waals surface area contributed by atoms with E-state index in [2.05, 4.69) is 15.9 Å². The number of hydrogen-bond donors (Lipinski definition) is 0. The molecule has 0 aliphatic rings. The van der Waals surface area contributed by atoms with E-state index in [0.717, 1.165) is 15.6 Å². The first-order valence-electron chi connectivity index (χ1n) is 8.69. The Kier molecular flexibility index (Phi) is 7.07. The first-order chi connectivity index (χ1) is 14.0. The van der Waals surface area contributed by atoms with Gasteiger partial charge in [0.25, 0.3) is 0 Å². The van der Waals surface area contributed by atoms with Gasteiger partial charge in [-0.2, -0.15) is 0 Å². The van der Waals surface area contributed by atoms with Crippen LogP contribution in [0.2, 0.25) is 5.02 Å². The molecule has 0 saturated carbocycles. The lowest BCUT2D eigenvalue weighted by molar-refractivity contribution is 0.104. The minimum absolute atomic E-state index is 0.0933. The Balaban J connectivity index is 1.75. The standard InChI is InChI=1S/C23H17BrClFO3/c1-28-22-10-3-15(2-9-21(27)16-4-6-18(24)7-5-16)12-17(22)14-29-23-11-8-19(26)13-20(23)25/h2-13H,14H2,1H3/b9-2+. The largest absolute Gasteiger partial charge is 0.496 e. The quantitative estimate of drug-likeness (QED) is 0.281. The van der Waals surface area contributed by atoms with E-state index in [1.165, 1.54) is 24.3 Å². The molecule has 3 aromatic carbocycles. The normalized spacial score (nSPS) is 10.9. The van der Waals surface area contributed by atoms with Crippen LogP contribution in [0.15, 0.2) is 71.2 Å². The number of carbonyl (C=O) groups excluding carboxylic acids is 1. The number of allylic oxidation sites excluding steroid dienone is 1. The summed E-state index contributed by atoms with van der Waals surface area (Å²) in [6, 6.07) is 16.6. The van der Waals surface area contributed by atoms with Crippen molar-refractivity contribution in [1.29, 1.82) is 0 Å². The number of carbonyl (C=O) groups is 1. The predicted molar refractivity (Wildman–Crippen MR) is 116 cm³/mol. The summed E-state index contributed by atoms with van der Waals surface area (Å²) >= 11 is 9.36. The summed E-state index contributed by atoms with van der Waals surface area (Å²) in [4.78, 5) is 12.3. The Bertz CT molecular complexity index is 1050. The third-order valence-electron chi connectivity index (χ3n) is 4.14. The smallest absolute Gasteiger partial charge is 0.185 e. The molecule has 0 aliphatic heterocycles. The molecule has 0 atom stereocenters. The zero-order chi connectivity index (χ0) is 20.8. The SMILES string of the molecule is COc1ccc(/C=C/C(=O)c2ccc(Br)cc2)cc1COc1ccc(F)cc1Cl. The second-order valence-electron chi connectivity index (χ2n) is 6.14. The third kappa shape index (κ3) is 5.68. The lowest BCUT2D eigenvalue weighted by Gasteiger charge is -2.12. The second-order valence-corrected chi connectivity index (χ2v) is 7.46. The van der Waals surface area contributed by atoms with Crippen LogP contribution >= 0.6 is 27.5 Å². The molecule has 29 heavy (non-hydrogen) atoms. The van der Waals surface area contributed by atoms with Gasteiger partial charge >= 0.3 is 0 Å². The summed E-state index contributed by atoms with van der Waals surface area (Å²) < 4.78 is 25.2. The Morgan fingerprint density at radius 2 is 1.79 bits per heavy atom. The average molecular weight is 476 g/mol. The zero-order valence-electron chi connectivity index (χ0n) is 15.5. The van der Waals surface area contributed by atoms with Crippen LogP contribution in [-0.4, -0.2) is 12.9 Å². The van der Waals surface area contributed by atoms with E-state index in [4.69, 9.17) is 21.1 Å². The summed E-state index contributed by atoms with van der Waals surface area (Å²) in [6.45, 7) is 0.177. The summed E-state index contributed by atoms with van der Waals surface area (Å²) in [5, 5.41) is 0.195. The summed E-state index contributed by atoms with van der Waals surface area (Å²) in [7, 11) is 1.57. The number of benzene rings is 3.